The summed E-state index contributed by atoms with van der Waals surface area (Å²) in [5, 5.41) is 10.1. The SMILES string of the molecule is CCC(C(=O)O)C(=O)Oc1cc(NS(=O)(=O)/C=C/c2c(OC)cc(OC)cc2OC)ccc1OC. The monoisotopic (exact) mass is 509 g/mol. The van der Waals surface area contributed by atoms with Crippen molar-refractivity contribution in [2.75, 3.05) is 33.2 Å². The first-order valence-electron chi connectivity index (χ1n) is 10.2. The molecular weight excluding hydrogens is 482 g/mol. The van der Waals surface area contributed by atoms with Crippen LogP contribution in [0.4, 0.5) is 5.69 Å². The standard InChI is InChI=1S/C23H27NO10S/c1-6-16(22(25)26)23(27)34-21-11-14(7-8-18(21)31-3)24-35(28,29)10-9-17-19(32-4)12-15(30-2)13-20(17)33-5/h7-13,16,24H,6H2,1-5H3,(H,25,26)/b10-9+. The number of sulfonamides is 1. The molecule has 0 bridgehead atoms. The average Bonchev–Trinajstić information content (AvgIpc) is 2.82. The Morgan fingerprint density at radius 1 is 0.943 bits per heavy atom. The summed E-state index contributed by atoms with van der Waals surface area (Å²) in [5.41, 5.74) is 0.417. The van der Waals surface area contributed by atoms with E-state index in [4.69, 9.17) is 28.8 Å². The molecule has 2 N–H and O–H groups in total. The van der Waals surface area contributed by atoms with Gasteiger partial charge in [0.25, 0.3) is 10.0 Å². The van der Waals surface area contributed by atoms with Crippen molar-refractivity contribution >= 4 is 33.7 Å². The Kier molecular flexibility index (Phi) is 9.34. The van der Waals surface area contributed by atoms with Crippen LogP contribution in [0.15, 0.2) is 35.7 Å². The lowest BCUT2D eigenvalue weighted by Gasteiger charge is -2.14. The summed E-state index contributed by atoms with van der Waals surface area (Å²) in [6.07, 6.45) is 1.31. The van der Waals surface area contributed by atoms with Gasteiger partial charge >= 0.3 is 11.9 Å². The van der Waals surface area contributed by atoms with E-state index in [0.717, 1.165) is 5.41 Å². The van der Waals surface area contributed by atoms with Crippen molar-refractivity contribution < 1.29 is 46.8 Å². The van der Waals surface area contributed by atoms with E-state index in [2.05, 4.69) is 4.72 Å². The van der Waals surface area contributed by atoms with E-state index in [-0.39, 0.29) is 23.6 Å². The number of ether oxygens (including phenoxy) is 5. The number of carboxylic acids is 1. The van der Waals surface area contributed by atoms with Crippen LogP contribution in [0.5, 0.6) is 28.7 Å². The molecule has 0 aliphatic carbocycles. The lowest BCUT2D eigenvalue weighted by atomic mass is 10.1. The van der Waals surface area contributed by atoms with Gasteiger partial charge in [-0.15, -0.1) is 0 Å². The number of benzene rings is 2. The van der Waals surface area contributed by atoms with Gasteiger partial charge in [0.05, 0.1) is 45.1 Å². The zero-order chi connectivity index (χ0) is 26.2. The number of nitrogens with one attached hydrogen (secondary N) is 1. The number of methoxy groups -OCH3 is 4. The topological polar surface area (TPSA) is 147 Å². The fourth-order valence-corrected chi connectivity index (χ4v) is 3.83. The fraction of sp³-hybridized carbons (Fsp3) is 0.304. The molecule has 0 heterocycles. The number of carbonyl (C=O) groups excluding carboxylic acids is 1. The second kappa shape index (κ2) is 12.0. The molecule has 0 saturated heterocycles. The molecule has 2 rings (SSSR count). The Bertz CT molecular complexity index is 1180. The van der Waals surface area contributed by atoms with Gasteiger partial charge < -0.3 is 28.8 Å². The molecule has 0 radical (unpaired) electrons. The van der Waals surface area contributed by atoms with Crippen LogP contribution in [0.25, 0.3) is 6.08 Å². The van der Waals surface area contributed by atoms with E-state index in [1.807, 2.05) is 0 Å². The molecule has 11 nitrogen and oxygen atoms in total. The van der Waals surface area contributed by atoms with Crippen molar-refractivity contribution in [3.05, 3.63) is 41.3 Å². The number of anilines is 1. The summed E-state index contributed by atoms with van der Waals surface area (Å²) in [7, 11) is 1.60. The Morgan fingerprint density at radius 3 is 2.03 bits per heavy atom. The van der Waals surface area contributed by atoms with Gasteiger partial charge in [-0.05, 0) is 24.6 Å². The Labute approximate surface area is 203 Å². The van der Waals surface area contributed by atoms with E-state index < -0.39 is 27.9 Å². The third-order valence-corrected chi connectivity index (χ3v) is 5.81. The maximum absolute atomic E-state index is 12.7. The second-order valence-electron chi connectivity index (χ2n) is 6.98. The molecule has 190 valence electrons. The van der Waals surface area contributed by atoms with Crippen molar-refractivity contribution in [2.45, 2.75) is 13.3 Å². The van der Waals surface area contributed by atoms with Crippen LogP contribution in [-0.2, 0) is 19.6 Å². The molecule has 0 amide bonds. The van der Waals surface area contributed by atoms with Crippen LogP contribution in [0.3, 0.4) is 0 Å². The number of aliphatic carboxylic acids is 1. The van der Waals surface area contributed by atoms with Crippen molar-refractivity contribution in [2.24, 2.45) is 5.92 Å². The minimum absolute atomic E-state index is 0.0197. The first kappa shape index (κ1) is 27.3. The summed E-state index contributed by atoms with van der Waals surface area (Å²) in [4.78, 5) is 23.5. The molecule has 0 aromatic heterocycles. The van der Waals surface area contributed by atoms with Gasteiger partial charge in [-0.2, -0.15) is 0 Å². The number of rotatable bonds is 12. The van der Waals surface area contributed by atoms with Crippen molar-refractivity contribution in [3.8, 4) is 28.7 Å². The number of carbonyl (C=O) groups is 2. The summed E-state index contributed by atoms with van der Waals surface area (Å²) in [5.74, 6) is -2.61. The van der Waals surface area contributed by atoms with E-state index in [1.165, 1.54) is 59.6 Å². The van der Waals surface area contributed by atoms with Gasteiger partial charge in [0, 0.05) is 18.2 Å². The Balaban J connectivity index is 2.33. The second-order valence-corrected chi connectivity index (χ2v) is 8.55. The molecule has 12 heteroatoms. The molecular formula is C23H27NO10S. The minimum atomic E-state index is -4.05. The van der Waals surface area contributed by atoms with E-state index in [1.54, 1.807) is 12.1 Å². The van der Waals surface area contributed by atoms with Crippen molar-refractivity contribution in [1.82, 2.24) is 0 Å². The summed E-state index contributed by atoms with van der Waals surface area (Å²) >= 11 is 0. The number of carboxylic acid groups (broad SMARTS) is 1. The molecule has 0 aliphatic heterocycles. The lowest BCUT2D eigenvalue weighted by Crippen LogP contribution is -2.27. The smallest absolute Gasteiger partial charge is 0.325 e. The zero-order valence-corrected chi connectivity index (χ0v) is 20.7. The number of esters is 1. The largest absolute Gasteiger partial charge is 0.496 e. The third kappa shape index (κ3) is 7.03. The quantitative estimate of drug-likeness (QED) is 0.248. The normalized spacial score (nSPS) is 12.0. The van der Waals surface area contributed by atoms with Crippen LogP contribution >= 0.6 is 0 Å². The average molecular weight is 510 g/mol. The molecule has 2 aromatic carbocycles. The molecule has 0 saturated carbocycles. The van der Waals surface area contributed by atoms with Gasteiger partial charge in [-0.25, -0.2) is 8.42 Å². The number of hydrogen-bond acceptors (Lipinski definition) is 9. The molecule has 0 spiro atoms. The zero-order valence-electron chi connectivity index (χ0n) is 19.9. The van der Waals surface area contributed by atoms with Gasteiger partial charge in [0.2, 0.25) is 0 Å². The number of hydrogen-bond donors (Lipinski definition) is 2. The summed E-state index contributed by atoms with van der Waals surface area (Å²) in [6, 6.07) is 7.14. The van der Waals surface area contributed by atoms with E-state index in [0.29, 0.717) is 22.8 Å². The van der Waals surface area contributed by atoms with Crippen molar-refractivity contribution in [1.29, 1.82) is 0 Å². The molecule has 0 fully saturated rings. The third-order valence-electron chi connectivity index (χ3n) is 4.79. The van der Waals surface area contributed by atoms with Crippen LogP contribution in [0, 0.1) is 5.92 Å². The first-order chi connectivity index (χ1) is 16.6. The first-order valence-corrected chi connectivity index (χ1v) is 11.8. The highest BCUT2D eigenvalue weighted by atomic mass is 32.2. The van der Waals surface area contributed by atoms with Gasteiger partial charge in [-0.1, -0.05) is 6.92 Å². The maximum Gasteiger partial charge on any atom is 0.325 e. The van der Waals surface area contributed by atoms with Gasteiger partial charge in [0.15, 0.2) is 17.4 Å². The van der Waals surface area contributed by atoms with Gasteiger partial charge in [-0.3, -0.25) is 14.3 Å². The van der Waals surface area contributed by atoms with Crippen LogP contribution in [0.2, 0.25) is 0 Å². The molecule has 35 heavy (non-hydrogen) atoms. The highest BCUT2D eigenvalue weighted by Crippen LogP contribution is 2.35. The van der Waals surface area contributed by atoms with Gasteiger partial charge in [0.1, 0.15) is 17.2 Å². The predicted molar refractivity (Wildman–Crippen MR) is 128 cm³/mol. The molecule has 0 aliphatic rings. The Hall–Kier alpha value is -3.93. The van der Waals surface area contributed by atoms with Crippen LogP contribution in [-0.4, -0.2) is 53.9 Å². The maximum atomic E-state index is 12.7. The lowest BCUT2D eigenvalue weighted by molar-refractivity contribution is -0.153. The highest BCUT2D eigenvalue weighted by Gasteiger charge is 2.27. The predicted octanol–water partition coefficient (Wildman–Crippen LogP) is 3.15. The van der Waals surface area contributed by atoms with Crippen LogP contribution < -0.4 is 28.4 Å². The molecule has 2 aromatic rings. The van der Waals surface area contributed by atoms with E-state index in [9.17, 15) is 18.0 Å². The van der Waals surface area contributed by atoms with Crippen LogP contribution in [0.1, 0.15) is 18.9 Å². The molecule has 1 unspecified atom stereocenters. The summed E-state index contributed by atoms with van der Waals surface area (Å²) in [6.45, 7) is 1.53. The fourth-order valence-electron chi connectivity index (χ4n) is 2.99. The van der Waals surface area contributed by atoms with Crippen molar-refractivity contribution in [3.63, 3.8) is 0 Å². The molecule has 1 atom stereocenters. The highest BCUT2D eigenvalue weighted by molar-refractivity contribution is 7.95. The van der Waals surface area contributed by atoms with E-state index >= 15 is 0 Å². The minimum Gasteiger partial charge on any atom is -0.496 e. The Morgan fingerprint density at radius 2 is 1.54 bits per heavy atom. The summed E-state index contributed by atoms with van der Waals surface area (Å²) < 4.78 is 53.8.